The highest BCUT2D eigenvalue weighted by Gasteiger charge is 2.15. The van der Waals surface area contributed by atoms with Crippen LogP contribution in [0.25, 0.3) is 11.3 Å². The molecular formula is C26H22F3N3O2S. The molecule has 1 N–H and O–H groups in total. The van der Waals surface area contributed by atoms with Gasteiger partial charge in [0.05, 0.1) is 5.69 Å². The number of halogens is 3. The fourth-order valence-electron chi connectivity index (χ4n) is 3.35. The van der Waals surface area contributed by atoms with Gasteiger partial charge in [-0.1, -0.05) is 56.3 Å². The quantitative estimate of drug-likeness (QED) is 0.237. The van der Waals surface area contributed by atoms with Crippen molar-refractivity contribution in [1.29, 1.82) is 0 Å². The molecule has 0 aliphatic rings. The smallest absolute Gasteiger partial charge is 0.387 e. The Morgan fingerprint density at radius 3 is 2.43 bits per heavy atom. The number of hydrogen-bond donors (Lipinski definition) is 1. The molecular weight excluding hydrogens is 475 g/mol. The SMILES string of the molecule is CC(C)c1ccccc1-c1cc(Oc2ccccc2F)nc(NSc2cccc(OC(F)F)c2)n1. The molecule has 0 aliphatic heterocycles. The molecule has 0 saturated heterocycles. The molecule has 0 atom stereocenters. The van der Waals surface area contributed by atoms with E-state index in [1.807, 2.05) is 24.3 Å². The van der Waals surface area contributed by atoms with Gasteiger partial charge < -0.3 is 9.47 Å². The van der Waals surface area contributed by atoms with Crippen LogP contribution in [-0.2, 0) is 0 Å². The number of hydrogen-bond acceptors (Lipinski definition) is 6. The average molecular weight is 498 g/mol. The van der Waals surface area contributed by atoms with Gasteiger partial charge in [-0.2, -0.15) is 13.8 Å². The van der Waals surface area contributed by atoms with Gasteiger partial charge in [0.1, 0.15) is 5.75 Å². The molecule has 180 valence electrons. The minimum Gasteiger partial charge on any atom is -0.436 e. The maximum atomic E-state index is 14.2. The summed E-state index contributed by atoms with van der Waals surface area (Å²) in [6.45, 7) is 1.25. The number of aromatic nitrogens is 2. The first-order chi connectivity index (χ1) is 16.9. The van der Waals surface area contributed by atoms with Gasteiger partial charge in [0, 0.05) is 16.5 Å². The molecule has 0 bridgehead atoms. The first-order valence-electron chi connectivity index (χ1n) is 10.8. The summed E-state index contributed by atoms with van der Waals surface area (Å²) in [5, 5.41) is 0. The fraction of sp³-hybridized carbons (Fsp3) is 0.154. The van der Waals surface area contributed by atoms with Crippen molar-refractivity contribution in [3.05, 3.63) is 90.2 Å². The molecule has 35 heavy (non-hydrogen) atoms. The third-order valence-electron chi connectivity index (χ3n) is 4.90. The van der Waals surface area contributed by atoms with E-state index in [2.05, 4.69) is 33.3 Å². The Balaban J connectivity index is 1.67. The molecule has 1 aromatic heterocycles. The van der Waals surface area contributed by atoms with Crippen molar-refractivity contribution in [3.63, 3.8) is 0 Å². The Bertz CT molecular complexity index is 1300. The van der Waals surface area contributed by atoms with Gasteiger partial charge in [-0.25, -0.2) is 9.37 Å². The lowest BCUT2D eigenvalue weighted by molar-refractivity contribution is -0.0499. The molecule has 0 fully saturated rings. The zero-order valence-corrected chi connectivity index (χ0v) is 19.7. The highest BCUT2D eigenvalue weighted by Crippen LogP contribution is 2.33. The molecule has 0 spiro atoms. The molecule has 3 aromatic carbocycles. The molecule has 0 aliphatic carbocycles. The van der Waals surface area contributed by atoms with Crippen LogP contribution < -0.4 is 14.2 Å². The lowest BCUT2D eigenvalue weighted by Gasteiger charge is -2.15. The largest absolute Gasteiger partial charge is 0.436 e. The summed E-state index contributed by atoms with van der Waals surface area (Å²) in [7, 11) is 0. The first-order valence-corrected chi connectivity index (χ1v) is 11.6. The van der Waals surface area contributed by atoms with Crippen molar-refractivity contribution < 1.29 is 22.6 Å². The monoisotopic (exact) mass is 497 g/mol. The van der Waals surface area contributed by atoms with Crippen molar-refractivity contribution in [3.8, 4) is 28.6 Å². The van der Waals surface area contributed by atoms with Crippen molar-refractivity contribution in [2.45, 2.75) is 31.3 Å². The predicted molar refractivity (Wildman–Crippen MR) is 131 cm³/mol. The second kappa shape index (κ2) is 11.1. The zero-order valence-electron chi connectivity index (χ0n) is 18.9. The van der Waals surface area contributed by atoms with Gasteiger partial charge in [-0.15, -0.1) is 0 Å². The van der Waals surface area contributed by atoms with Crippen LogP contribution in [0.3, 0.4) is 0 Å². The van der Waals surface area contributed by atoms with E-state index in [4.69, 9.17) is 4.74 Å². The molecule has 0 unspecified atom stereocenters. The molecule has 0 amide bonds. The van der Waals surface area contributed by atoms with E-state index in [-0.39, 0.29) is 29.2 Å². The van der Waals surface area contributed by atoms with Crippen molar-refractivity contribution >= 4 is 17.9 Å². The highest BCUT2D eigenvalue weighted by molar-refractivity contribution is 8.00. The lowest BCUT2D eigenvalue weighted by atomic mass is 9.95. The van der Waals surface area contributed by atoms with E-state index >= 15 is 0 Å². The Labute approximate surface area is 205 Å². The summed E-state index contributed by atoms with van der Waals surface area (Å²) in [4.78, 5) is 9.61. The average Bonchev–Trinajstić information content (AvgIpc) is 2.84. The maximum Gasteiger partial charge on any atom is 0.387 e. The minimum atomic E-state index is -2.91. The van der Waals surface area contributed by atoms with E-state index in [1.165, 1.54) is 24.3 Å². The van der Waals surface area contributed by atoms with Crippen LogP contribution in [0.2, 0.25) is 0 Å². The number of rotatable bonds is 9. The van der Waals surface area contributed by atoms with Gasteiger partial charge >= 0.3 is 6.61 Å². The van der Waals surface area contributed by atoms with E-state index in [0.717, 1.165) is 23.1 Å². The number of benzene rings is 3. The number of nitrogens with one attached hydrogen (secondary N) is 1. The molecule has 5 nitrogen and oxygen atoms in total. The van der Waals surface area contributed by atoms with Gasteiger partial charge in [-0.3, -0.25) is 4.72 Å². The molecule has 0 saturated carbocycles. The van der Waals surface area contributed by atoms with Crippen LogP contribution in [0.1, 0.15) is 25.3 Å². The second-order valence-electron chi connectivity index (χ2n) is 7.75. The third kappa shape index (κ3) is 6.45. The maximum absolute atomic E-state index is 14.2. The van der Waals surface area contributed by atoms with E-state index in [9.17, 15) is 13.2 Å². The number of anilines is 1. The molecule has 0 radical (unpaired) electrons. The molecule has 4 aromatic rings. The van der Waals surface area contributed by atoms with Gasteiger partial charge in [-0.05, 0) is 53.8 Å². The number of para-hydroxylation sites is 1. The van der Waals surface area contributed by atoms with Gasteiger partial charge in [0.25, 0.3) is 0 Å². The number of nitrogens with zero attached hydrogens (tertiary/aromatic N) is 2. The van der Waals surface area contributed by atoms with Crippen molar-refractivity contribution in [1.82, 2.24) is 9.97 Å². The van der Waals surface area contributed by atoms with Crippen LogP contribution in [0.5, 0.6) is 17.4 Å². The van der Waals surface area contributed by atoms with E-state index in [0.29, 0.717) is 10.6 Å². The lowest BCUT2D eigenvalue weighted by Crippen LogP contribution is -2.02. The number of alkyl halides is 2. The normalized spacial score (nSPS) is 11.1. The summed E-state index contributed by atoms with van der Waals surface area (Å²) in [5.74, 6) is 0.144. The van der Waals surface area contributed by atoms with E-state index < -0.39 is 12.4 Å². The van der Waals surface area contributed by atoms with Crippen molar-refractivity contribution in [2.24, 2.45) is 0 Å². The standard InChI is InChI=1S/C26H22F3N3O2S/c1-16(2)19-10-3-4-11-20(19)22-15-24(34-23-13-6-5-12-21(23)27)31-26(30-22)32-35-18-9-7-8-17(14-18)33-25(28)29/h3-16,25H,1-2H3,(H,30,31,32). The summed E-state index contributed by atoms with van der Waals surface area (Å²) < 4.78 is 52.5. The summed E-state index contributed by atoms with van der Waals surface area (Å²) in [6, 6.07) is 21.8. The van der Waals surface area contributed by atoms with Crippen LogP contribution in [0, 0.1) is 5.82 Å². The minimum absolute atomic E-state index is 0.0322. The Morgan fingerprint density at radius 2 is 1.66 bits per heavy atom. The Morgan fingerprint density at radius 1 is 0.886 bits per heavy atom. The van der Waals surface area contributed by atoms with Crippen molar-refractivity contribution in [2.75, 3.05) is 4.72 Å². The zero-order chi connectivity index (χ0) is 24.8. The highest BCUT2D eigenvalue weighted by atomic mass is 32.2. The Kier molecular flexibility index (Phi) is 7.77. The molecule has 9 heteroatoms. The van der Waals surface area contributed by atoms with Crippen LogP contribution in [-0.4, -0.2) is 16.6 Å². The van der Waals surface area contributed by atoms with Crippen LogP contribution >= 0.6 is 11.9 Å². The van der Waals surface area contributed by atoms with Gasteiger partial charge in [0.2, 0.25) is 11.8 Å². The Hall–Kier alpha value is -3.72. The summed E-state index contributed by atoms with van der Waals surface area (Å²) >= 11 is 1.12. The first kappa shape index (κ1) is 24.4. The summed E-state index contributed by atoms with van der Waals surface area (Å²) in [5.41, 5.74) is 2.57. The predicted octanol–water partition coefficient (Wildman–Crippen LogP) is 7.92. The van der Waals surface area contributed by atoms with Gasteiger partial charge in [0.15, 0.2) is 11.6 Å². The summed E-state index contributed by atoms with van der Waals surface area (Å²) in [6.07, 6.45) is 0. The van der Waals surface area contributed by atoms with E-state index in [1.54, 1.807) is 30.3 Å². The van der Waals surface area contributed by atoms with Crippen LogP contribution in [0.15, 0.2) is 83.8 Å². The molecule has 1 heterocycles. The van der Waals surface area contributed by atoms with Crippen LogP contribution in [0.4, 0.5) is 19.1 Å². The number of ether oxygens (including phenoxy) is 2. The molecule has 4 rings (SSSR count). The topological polar surface area (TPSA) is 56.3 Å². The second-order valence-corrected chi connectivity index (χ2v) is 8.63. The fourth-order valence-corrected chi connectivity index (χ4v) is 3.98. The third-order valence-corrected chi connectivity index (χ3v) is 5.68.